The molecule has 37 heavy (non-hydrogen) atoms. The molecule has 1 aromatic carbocycles. The molecule has 4 rings (SSSR count). The molecule has 1 amide bonds. The molecule has 0 aliphatic heterocycles. The first-order valence-corrected chi connectivity index (χ1v) is 14.7. The van der Waals surface area contributed by atoms with Crippen LogP contribution in [0.25, 0.3) is 0 Å². The zero-order valence-corrected chi connectivity index (χ0v) is 23.5. The third-order valence-corrected chi connectivity index (χ3v) is 9.85. The summed E-state index contributed by atoms with van der Waals surface area (Å²) in [6.07, 6.45) is 11.9. The number of ketones is 1. The number of esters is 1. The van der Waals surface area contributed by atoms with Gasteiger partial charge in [0.05, 0.1) is 0 Å². The number of benzene rings is 1. The third kappa shape index (κ3) is 6.29. The normalized spacial score (nSPS) is 29.1. The summed E-state index contributed by atoms with van der Waals surface area (Å²) in [5.41, 5.74) is 3.00. The molecule has 3 aliphatic carbocycles. The van der Waals surface area contributed by atoms with Gasteiger partial charge in [0.25, 0.3) is 0 Å². The fourth-order valence-electron chi connectivity index (χ4n) is 7.95. The number of hydrogen-bond donors (Lipinski definition) is 0. The van der Waals surface area contributed by atoms with E-state index in [9.17, 15) is 14.4 Å². The monoisotopic (exact) mass is 509 g/mol. The first-order chi connectivity index (χ1) is 17.7. The van der Waals surface area contributed by atoms with E-state index in [1.165, 1.54) is 31.7 Å². The summed E-state index contributed by atoms with van der Waals surface area (Å²) < 4.78 is 5.15. The van der Waals surface area contributed by atoms with Crippen molar-refractivity contribution in [2.45, 2.75) is 110 Å². The van der Waals surface area contributed by atoms with E-state index in [-0.39, 0.29) is 23.4 Å². The molecule has 0 saturated heterocycles. The Morgan fingerprint density at radius 2 is 1.86 bits per heavy atom. The van der Waals surface area contributed by atoms with Gasteiger partial charge in [0.1, 0.15) is 11.9 Å². The number of aryl methyl sites for hydroxylation is 1. The lowest BCUT2D eigenvalue weighted by Crippen LogP contribution is -2.46. The molecule has 204 valence electrons. The highest BCUT2D eigenvalue weighted by Crippen LogP contribution is 2.62. The Morgan fingerprint density at radius 3 is 2.65 bits per heavy atom. The van der Waals surface area contributed by atoms with E-state index in [0.29, 0.717) is 48.8 Å². The van der Waals surface area contributed by atoms with Gasteiger partial charge in [-0.15, -0.1) is 0 Å². The second-order valence-electron chi connectivity index (χ2n) is 12.4. The topological polar surface area (TPSA) is 63.7 Å². The third-order valence-electron chi connectivity index (χ3n) is 9.85. The summed E-state index contributed by atoms with van der Waals surface area (Å²) >= 11 is 0. The number of carbonyl (C=O) groups is 3. The fourth-order valence-corrected chi connectivity index (χ4v) is 7.95. The van der Waals surface area contributed by atoms with Gasteiger partial charge in [0, 0.05) is 45.2 Å². The number of Topliss-reactive ketones (excluding diaryl/α,β-unsaturated/α-hetero) is 1. The smallest absolute Gasteiger partial charge is 0.302 e. The Balaban J connectivity index is 1.25. The van der Waals surface area contributed by atoms with Crippen LogP contribution in [-0.4, -0.2) is 42.3 Å². The minimum atomic E-state index is -0.276. The van der Waals surface area contributed by atoms with Crippen LogP contribution in [0.2, 0.25) is 0 Å². The van der Waals surface area contributed by atoms with E-state index in [2.05, 4.69) is 31.2 Å². The van der Waals surface area contributed by atoms with Crippen molar-refractivity contribution < 1.29 is 19.1 Å². The van der Waals surface area contributed by atoms with Crippen molar-refractivity contribution in [3.63, 3.8) is 0 Å². The standard InChI is InChI=1S/C32H47NO4/c1-22(37-23(2)34)19-20-33(4)30(36)14-8-6-5-7-12-25-21-32(3)28(17-18-29(32)35)27-16-15-24-11-9-10-13-26(24)31(25)27/h9-11,13,22,25,27-28,31H,5-8,12,14-21H2,1-4H3/t22?,25-,27-,28-,31+,32-/m0/s1. The number of unbranched alkanes of at least 4 members (excludes halogenated alkanes) is 3. The highest BCUT2D eigenvalue weighted by Gasteiger charge is 2.57. The van der Waals surface area contributed by atoms with E-state index in [0.717, 1.165) is 44.9 Å². The van der Waals surface area contributed by atoms with Crippen LogP contribution in [0, 0.1) is 23.2 Å². The molecule has 0 spiro atoms. The summed E-state index contributed by atoms with van der Waals surface area (Å²) in [6, 6.07) is 9.07. The maximum absolute atomic E-state index is 13.0. The molecule has 1 aromatic rings. The van der Waals surface area contributed by atoms with Gasteiger partial charge in [0.2, 0.25) is 5.91 Å². The van der Waals surface area contributed by atoms with Gasteiger partial charge in [0.15, 0.2) is 0 Å². The van der Waals surface area contributed by atoms with E-state index in [1.807, 2.05) is 14.0 Å². The van der Waals surface area contributed by atoms with E-state index in [4.69, 9.17) is 4.74 Å². The van der Waals surface area contributed by atoms with Crippen LogP contribution < -0.4 is 0 Å². The van der Waals surface area contributed by atoms with Gasteiger partial charge in [-0.3, -0.25) is 14.4 Å². The van der Waals surface area contributed by atoms with Crippen molar-refractivity contribution >= 4 is 17.7 Å². The van der Waals surface area contributed by atoms with Crippen LogP contribution in [0.1, 0.15) is 108 Å². The predicted molar refractivity (Wildman–Crippen MR) is 146 cm³/mol. The van der Waals surface area contributed by atoms with Crippen molar-refractivity contribution in [2.75, 3.05) is 13.6 Å². The molecule has 1 unspecified atom stereocenters. The minimum Gasteiger partial charge on any atom is -0.463 e. The molecule has 0 N–H and O–H groups in total. The summed E-state index contributed by atoms with van der Waals surface area (Å²) in [5.74, 6) is 2.82. The van der Waals surface area contributed by atoms with Crippen molar-refractivity contribution in [2.24, 2.45) is 23.2 Å². The zero-order valence-electron chi connectivity index (χ0n) is 23.5. The Kier molecular flexibility index (Phi) is 9.13. The number of ether oxygens (including phenoxy) is 1. The number of carbonyl (C=O) groups excluding carboxylic acids is 3. The quantitative estimate of drug-likeness (QED) is 0.253. The number of amides is 1. The molecule has 5 nitrogen and oxygen atoms in total. The molecule has 2 fully saturated rings. The molecule has 6 atom stereocenters. The maximum Gasteiger partial charge on any atom is 0.302 e. The SMILES string of the molecule is CC(=O)OC(C)CCN(C)C(=O)CCCCCC[C@H]1C[C@]2(C)C(=O)CC[C@H]2[C@@H]2CCc3ccccc3[C@@H]12. The lowest BCUT2D eigenvalue weighted by atomic mass is 9.51. The van der Waals surface area contributed by atoms with E-state index in [1.54, 1.807) is 10.5 Å². The van der Waals surface area contributed by atoms with Crippen LogP contribution in [0.3, 0.4) is 0 Å². The average Bonchev–Trinajstić information content (AvgIpc) is 3.17. The summed E-state index contributed by atoms with van der Waals surface area (Å²) in [7, 11) is 1.84. The largest absolute Gasteiger partial charge is 0.463 e. The first kappa shape index (κ1) is 27.9. The highest BCUT2D eigenvalue weighted by molar-refractivity contribution is 5.87. The van der Waals surface area contributed by atoms with Crippen molar-refractivity contribution in [3.8, 4) is 0 Å². The second-order valence-corrected chi connectivity index (χ2v) is 12.4. The number of rotatable bonds is 11. The van der Waals surface area contributed by atoms with Gasteiger partial charge in [-0.05, 0) is 80.2 Å². The van der Waals surface area contributed by atoms with Crippen LogP contribution in [0.5, 0.6) is 0 Å². The van der Waals surface area contributed by atoms with Gasteiger partial charge >= 0.3 is 5.97 Å². The Labute approximate surface area is 223 Å². The molecule has 2 saturated carbocycles. The predicted octanol–water partition coefficient (Wildman–Crippen LogP) is 6.48. The zero-order chi connectivity index (χ0) is 26.6. The maximum atomic E-state index is 13.0. The van der Waals surface area contributed by atoms with Crippen molar-refractivity contribution in [3.05, 3.63) is 35.4 Å². The molecule has 0 aromatic heterocycles. The lowest BCUT2D eigenvalue weighted by Gasteiger charge is -2.52. The minimum absolute atomic E-state index is 0.109. The van der Waals surface area contributed by atoms with Gasteiger partial charge < -0.3 is 9.64 Å². The molecule has 0 heterocycles. The van der Waals surface area contributed by atoms with E-state index < -0.39 is 0 Å². The van der Waals surface area contributed by atoms with Crippen molar-refractivity contribution in [1.29, 1.82) is 0 Å². The Bertz CT molecular complexity index is 973. The van der Waals surface area contributed by atoms with Gasteiger partial charge in [-0.1, -0.05) is 50.5 Å². The first-order valence-electron chi connectivity index (χ1n) is 14.7. The number of hydrogen-bond acceptors (Lipinski definition) is 4. The molecular formula is C32H47NO4. The van der Waals surface area contributed by atoms with Gasteiger partial charge in [-0.2, -0.15) is 0 Å². The summed E-state index contributed by atoms with van der Waals surface area (Å²) in [6.45, 7) is 6.17. The highest BCUT2D eigenvalue weighted by atomic mass is 16.5. The molecule has 5 heteroatoms. The second kappa shape index (κ2) is 12.1. The average molecular weight is 510 g/mol. The lowest BCUT2D eigenvalue weighted by molar-refractivity contribution is -0.146. The fraction of sp³-hybridized carbons (Fsp3) is 0.719. The van der Waals surface area contributed by atoms with Gasteiger partial charge in [-0.25, -0.2) is 0 Å². The van der Waals surface area contributed by atoms with Crippen LogP contribution >= 0.6 is 0 Å². The van der Waals surface area contributed by atoms with Crippen LogP contribution in [-0.2, 0) is 25.5 Å². The molecule has 0 radical (unpaired) electrons. The van der Waals surface area contributed by atoms with Crippen LogP contribution in [0.15, 0.2) is 24.3 Å². The number of nitrogens with zero attached hydrogens (tertiary/aromatic N) is 1. The molecular weight excluding hydrogens is 462 g/mol. The van der Waals surface area contributed by atoms with Crippen LogP contribution in [0.4, 0.5) is 0 Å². The van der Waals surface area contributed by atoms with Crippen molar-refractivity contribution in [1.82, 2.24) is 4.90 Å². The summed E-state index contributed by atoms with van der Waals surface area (Å²) in [4.78, 5) is 38.3. The van der Waals surface area contributed by atoms with E-state index >= 15 is 0 Å². The Morgan fingerprint density at radius 1 is 1.11 bits per heavy atom. The molecule has 3 aliphatic rings. The summed E-state index contributed by atoms with van der Waals surface area (Å²) in [5, 5.41) is 0. The molecule has 0 bridgehead atoms. The Hall–Kier alpha value is -2.17. The number of fused-ring (bicyclic) bond motifs is 5.